The maximum Gasteiger partial charge on any atom is 0.221 e. The van der Waals surface area contributed by atoms with Crippen LogP contribution >= 0.6 is 22.9 Å². The Bertz CT molecular complexity index is 700. The number of carbonyl (C=O) groups is 1. The fourth-order valence-electron chi connectivity index (χ4n) is 2.02. The molecular formula is C15H16ClNO3S2. The van der Waals surface area contributed by atoms with Crippen LogP contribution in [0.2, 0.25) is 0 Å². The van der Waals surface area contributed by atoms with Crippen LogP contribution in [-0.2, 0) is 14.6 Å². The number of rotatable bonds is 7. The number of sulfone groups is 1. The van der Waals surface area contributed by atoms with Crippen molar-refractivity contribution in [1.82, 2.24) is 5.32 Å². The van der Waals surface area contributed by atoms with E-state index in [1.165, 1.54) is 11.3 Å². The van der Waals surface area contributed by atoms with Crippen molar-refractivity contribution < 1.29 is 13.2 Å². The molecule has 0 spiro atoms. The Morgan fingerprint density at radius 3 is 2.50 bits per heavy atom. The third-order valence-corrected chi connectivity index (χ3v) is 6.85. The molecule has 1 amide bonds. The highest BCUT2D eigenvalue weighted by Gasteiger charge is 2.30. The summed E-state index contributed by atoms with van der Waals surface area (Å²) in [6.45, 7) is 0.0277. The first kappa shape index (κ1) is 17.0. The average Bonchev–Trinajstić information content (AvgIpc) is 3.03. The van der Waals surface area contributed by atoms with Gasteiger partial charge in [0.2, 0.25) is 5.91 Å². The van der Waals surface area contributed by atoms with Crippen molar-refractivity contribution in [2.45, 2.75) is 15.9 Å². The van der Waals surface area contributed by atoms with Gasteiger partial charge in [0.05, 0.1) is 0 Å². The molecule has 2 rings (SSSR count). The summed E-state index contributed by atoms with van der Waals surface area (Å²) < 4.78 is 25.9. The van der Waals surface area contributed by atoms with Crippen molar-refractivity contribution in [2.24, 2.45) is 0 Å². The van der Waals surface area contributed by atoms with Crippen molar-refractivity contribution in [3.8, 4) is 0 Å². The van der Waals surface area contributed by atoms with E-state index in [4.69, 9.17) is 11.6 Å². The summed E-state index contributed by atoms with van der Waals surface area (Å²) in [5.41, 5.74) is 0.655. The van der Waals surface area contributed by atoms with Gasteiger partial charge in [-0.25, -0.2) is 8.42 Å². The predicted octanol–water partition coefficient (Wildman–Crippen LogP) is 3.01. The zero-order chi connectivity index (χ0) is 16.0. The number of hydrogen-bond acceptors (Lipinski definition) is 4. The van der Waals surface area contributed by atoms with Gasteiger partial charge >= 0.3 is 0 Å². The minimum atomic E-state index is -3.55. The lowest BCUT2D eigenvalue weighted by atomic mass is 10.1. The Morgan fingerprint density at radius 1 is 1.18 bits per heavy atom. The Morgan fingerprint density at radius 2 is 1.91 bits per heavy atom. The normalized spacial score (nSPS) is 12.8. The SMILES string of the molecule is O=C(CCCl)NC[C@@H](c1ccccc1)S(=O)(=O)c1cccs1. The van der Waals surface area contributed by atoms with Crippen molar-refractivity contribution in [2.75, 3.05) is 12.4 Å². The van der Waals surface area contributed by atoms with Crippen molar-refractivity contribution in [3.63, 3.8) is 0 Å². The van der Waals surface area contributed by atoms with E-state index in [1.54, 1.807) is 41.8 Å². The first-order chi connectivity index (χ1) is 10.6. The van der Waals surface area contributed by atoms with E-state index in [0.717, 1.165) is 0 Å². The van der Waals surface area contributed by atoms with Gasteiger partial charge in [0.1, 0.15) is 9.46 Å². The molecule has 0 fully saturated rings. The Kier molecular flexibility index (Phi) is 5.99. The molecule has 7 heteroatoms. The van der Waals surface area contributed by atoms with Crippen LogP contribution in [0.25, 0.3) is 0 Å². The molecule has 0 unspecified atom stereocenters. The predicted molar refractivity (Wildman–Crippen MR) is 89.0 cm³/mol. The number of alkyl halides is 1. The molecule has 1 atom stereocenters. The molecule has 1 N–H and O–H groups in total. The van der Waals surface area contributed by atoms with Gasteiger partial charge in [-0.15, -0.1) is 22.9 Å². The average molecular weight is 358 g/mol. The van der Waals surface area contributed by atoms with Gasteiger partial charge in [0.25, 0.3) is 0 Å². The summed E-state index contributed by atoms with van der Waals surface area (Å²) in [5, 5.41) is 3.56. The number of carbonyl (C=O) groups excluding carboxylic acids is 1. The number of benzene rings is 1. The van der Waals surface area contributed by atoms with Crippen molar-refractivity contribution in [3.05, 3.63) is 53.4 Å². The molecule has 0 radical (unpaired) electrons. The minimum absolute atomic E-state index is 0.0277. The summed E-state index contributed by atoms with van der Waals surface area (Å²) in [6, 6.07) is 12.2. The molecule has 1 aromatic heterocycles. The smallest absolute Gasteiger partial charge is 0.221 e. The van der Waals surface area contributed by atoms with Gasteiger partial charge in [-0.3, -0.25) is 4.79 Å². The first-order valence-electron chi connectivity index (χ1n) is 6.70. The summed E-state index contributed by atoms with van der Waals surface area (Å²) in [5.74, 6) is -0.0446. The molecule has 0 bridgehead atoms. The molecule has 0 aliphatic carbocycles. The van der Waals surface area contributed by atoms with Crippen LogP contribution in [-0.4, -0.2) is 26.7 Å². The van der Waals surface area contributed by atoms with Crippen LogP contribution in [0.5, 0.6) is 0 Å². The highest BCUT2D eigenvalue weighted by atomic mass is 35.5. The van der Waals surface area contributed by atoms with Crippen LogP contribution in [0.3, 0.4) is 0 Å². The quantitative estimate of drug-likeness (QED) is 0.775. The van der Waals surface area contributed by atoms with Crippen LogP contribution < -0.4 is 5.32 Å². The number of nitrogens with one attached hydrogen (secondary N) is 1. The summed E-state index contributed by atoms with van der Waals surface area (Å²) in [6.07, 6.45) is 0.169. The molecule has 1 heterocycles. The fourth-order valence-corrected chi connectivity index (χ4v) is 5.06. The summed E-state index contributed by atoms with van der Waals surface area (Å²) in [4.78, 5) is 11.6. The van der Waals surface area contributed by atoms with Crippen LogP contribution in [0.1, 0.15) is 17.2 Å². The molecule has 22 heavy (non-hydrogen) atoms. The maximum atomic E-state index is 12.8. The number of hydrogen-bond donors (Lipinski definition) is 1. The fraction of sp³-hybridized carbons (Fsp3) is 0.267. The number of thiophene rings is 1. The molecular weight excluding hydrogens is 342 g/mol. The molecule has 4 nitrogen and oxygen atoms in total. The molecule has 0 saturated heterocycles. The lowest BCUT2D eigenvalue weighted by molar-refractivity contribution is -0.120. The second-order valence-corrected chi connectivity index (χ2v) is 8.30. The van der Waals surface area contributed by atoms with Gasteiger partial charge in [-0.2, -0.15) is 0 Å². The van der Waals surface area contributed by atoms with E-state index >= 15 is 0 Å². The molecule has 1 aromatic carbocycles. The van der Waals surface area contributed by atoms with E-state index in [0.29, 0.717) is 9.77 Å². The molecule has 2 aromatic rings. The van der Waals surface area contributed by atoms with Gasteiger partial charge in [-0.05, 0) is 17.0 Å². The van der Waals surface area contributed by atoms with Crippen LogP contribution in [0.4, 0.5) is 0 Å². The van der Waals surface area contributed by atoms with Gasteiger partial charge in [-0.1, -0.05) is 36.4 Å². The lowest BCUT2D eigenvalue weighted by Gasteiger charge is -2.18. The van der Waals surface area contributed by atoms with Crippen molar-refractivity contribution >= 4 is 38.7 Å². The molecule has 0 aliphatic heterocycles. The number of halogens is 1. The second-order valence-electron chi connectivity index (χ2n) is 4.62. The molecule has 0 saturated carbocycles. The zero-order valence-corrected chi connectivity index (χ0v) is 14.1. The third-order valence-electron chi connectivity index (χ3n) is 3.13. The van der Waals surface area contributed by atoms with E-state index < -0.39 is 15.1 Å². The molecule has 0 aliphatic rings. The summed E-state index contributed by atoms with van der Waals surface area (Å²) in [7, 11) is -3.55. The largest absolute Gasteiger partial charge is 0.354 e. The van der Waals surface area contributed by atoms with E-state index in [9.17, 15) is 13.2 Å². The highest BCUT2D eigenvalue weighted by Crippen LogP contribution is 2.31. The topological polar surface area (TPSA) is 63.2 Å². The first-order valence-corrected chi connectivity index (χ1v) is 9.66. The Balaban J connectivity index is 2.28. The Hall–Kier alpha value is -1.37. The van der Waals surface area contributed by atoms with Crippen LogP contribution in [0, 0.1) is 0 Å². The van der Waals surface area contributed by atoms with E-state index in [2.05, 4.69) is 5.32 Å². The second kappa shape index (κ2) is 7.76. The van der Waals surface area contributed by atoms with E-state index in [1.807, 2.05) is 6.07 Å². The Labute approximate surface area is 139 Å². The monoisotopic (exact) mass is 357 g/mol. The van der Waals surface area contributed by atoms with Gasteiger partial charge in [0.15, 0.2) is 9.84 Å². The highest BCUT2D eigenvalue weighted by molar-refractivity contribution is 7.93. The van der Waals surface area contributed by atoms with Gasteiger partial charge < -0.3 is 5.32 Å². The standard InChI is InChI=1S/C15H16ClNO3S2/c16-9-8-14(18)17-11-13(12-5-2-1-3-6-12)22(19,20)15-7-4-10-21-15/h1-7,10,13H,8-9,11H2,(H,17,18)/t13-/m0/s1. The molecule has 118 valence electrons. The third kappa shape index (κ3) is 4.09. The maximum absolute atomic E-state index is 12.8. The lowest BCUT2D eigenvalue weighted by Crippen LogP contribution is -2.31. The van der Waals surface area contributed by atoms with Crippen LogP contribution in [0.15, 0.2) is 52.1 Å². The summed E-state index contributed by atoms with van der Waals surface area (Å²) >= 11 is 6.70. The van der Waals surface area contributed by atoms with E-state index in [-0.39, 0.29) is 24.8 Å². The zero-order valence-electron chi connectivity index (χ0n) is 11.7. The number of amides is 1. The minimum Gasteiger partial charge on any atom is -0.354 e. The van der Waals surface area contributed by atoms with Crippen molar-refractivity contribution in [1.29, 1.82) is 0 Å². The van der Waals surface area contributed by atoms with Gasteiger partial charge in [0, 0.05) is 18.8 Å².